The average molecular weight is 603 g/mol. The fourth-order valence-electron chi connectivity index (χ4n) is 5.27. The van der Waals surface area contributed by atoms with Crippen LogP contribution < -0.4 is 10.2 Å². The number of benzene rings is 2. The Morgan fingerprint density at radius 2 is 1.79 bits per heavy atom. The molecule has 2 unspecified atom stereocenters. The summed E-state index contributed by atoms with van der Waals surface area (Å²) in [5.74, 6) is 0.260. The van der Waals surface area contributed by atoms with Crippen molar-refractivity contribution < 1.29 is 22.7 Å². The number of tetrazole rings is 1. The minimum Gasteiger partial charge on any atom is -0.461 e. The number of hydrogen-bond acceptors (Lipinski definition) is 7. The molecule has 2 atom stereocenters. The highest BCUT2D eigenvalue weighted by Gasteiger charge is 2.33. The monoisotopic (exact) mass is 602 g/mol. The molecule has 0 aliphatic carbocycles. The van der Waals surface area contributed by atoms with E-state index in [0.717, 1.165) is 43.2 Å². The van der Waals surface area contributed by atoms with Crippen molar-refractivity contribution in [3.8, 4) is 0 Å². The first kappa shape index (κ1) is 33.9. The van der Waals surface area contributed by atoms with Gasteiger partial charge in [0.15, 0.2) is 0 Å². The van der Waals surface area contributed by atoms with E-state index in [1.165, 1.54) is 17.8 Å². The van der Waals surface area contributed by atoms with Gasteiger partial charge in [0.05, 0.1) is 12.6 Å². The lowest BCUT2D eigenvalue weighted by Gasteiger charge is -2.30. The Morgan fingerprint density at radius 3 is 2.44 bits per heavy atom. The summed E-state index contributed by atoms with van der Waals surface area (Å²) in [6, 6.07) is 12.5. The van der Waals surface area contributed by atoms with E-state index in [2.05, 4.69) is 27.7 Å². The molecule has 0 aliphatic heterocycles. The zero-order valence-electron chi connectivity index (χ0n) is 26.0. The maximum absolute atomic E-state index is 13.9. The Hall–Kier alpha value is -3.63. The number of hydrogen-bond donors (Lipinski definition) is 1. The molecule has 1 N–H and O–H groups in total. The predicted molar refractivity (Wildman–Crippen MR) is 163 cm³/mol. The van der Waals surface area contributed by atoms with Crippen LogP contribution in [0, 0.1) is 19.8 Å². The van der Waals surface area contributed by atoms with Crippen LogP contribution in [0.2, 0.25) is 0 Å². The normalized spacial score (nSPS) is 13.0. The molecule has 3 aromatic rings. The Morgan fingerprint density at radius 1 is 1.05 bits per heavy atom. The second-order valence-electron chi connectivity index (χ2n) is 11.4. The van der Waals surface area contributed by atoms with Crippen LogP contribution in [0.3, 0.4) is 0 Å². The van der Waals surface area contributed by atoms with Crippen molar-refractivity contribution in [1.82, 2.24) is 20.2 Å². The van der Waals surface area contributed by atoms with E-state index in [4.69, 9.17) is 4.74 Å². The van der Waals surface area contributed by atoms with Gasteiger partial charge in [-0.15, -0.1) is 5.10 Å². The number of halogens is 3. The first-order valence-corrected chi connectivity index (χ1v) is 15.1. The third kappa shape index (κ3) is 11.2. The van der Waals surface area contributed by atoms with Crippen LogP contribution in [-0.2, 0) is 29.4 Å². The van der Waals surface area contributed by atoms with Crippen molar-refractivity contribution in [3.63, 3.8) is 0 Å². The van der Waals surface area contributed by atoms with Crippen LogP contribution in [0.15, 0.2) is 42.5 Å². The van der Waals surface area contributed by atoms with Crippen molar-refractivity contribution in [2.24, 2.45) is 13.0 Å². The van der Waals surface area contributed by atoms with Gasteiger partial charge in [-0.1, -0.05) is 61.3 Å². The molecule has 0 saturated carbocycles. The maximum Gasteiger partial charge on any atom is 0.416 e. The van der Waals surface area contributed by atoms with E-state index in [-0.39, 0.29) is 36.5 Å². The summed E-state index contributed by atoms with van der Waals surface area (Å²) in [6.07, 6.45) is 0.845. The quantitative estimate of drug-likeness (QED) is 0.163. The van der Waals surface area contributed by atoms with Gasteiger partial charge in [-0.05, 0) is 80.3 Å². The van der Waals surface area contributed by atoms with Gasteiger partial charge in [0.2, 0.25) is 0 Å². The summed E-state index contributed by atoms with van der Waals surface area (Å²) in [7, 11) is 1.69. The van der Waals surface area contributed by atoms with Crippen LogP contribution in [0.25, 0.3) is 0 Å². The van der Waals surface area contributed by atoms with Gasteiger partial charge in [0, 0.05) is 31.2 Å². The molecule has 0 bridgehead atoms. The molecular weight excluding hydrogens is 557 g/mol. The number of carbonyl (C=O) groups is 1. The number of alkyl halides is 3. The molecule has 43 heavy (non-hydrogen) atoms. The van der Waals surface area contributed by atoms with E-state index >= 15 is 0 Å². The average Bonchev–Trinajstić information content (AvgIpc) is 3.36. The molecule has 1 heterocycles. The van der Waals surface area contributed by atoms with Gasteiger partial charge in [-0.2, -0.15) is 18.0 Å². The Labute approximate surface area is 253 Å². The first-order chi connectivity index (χ1) is 20.5. The summed E-state index contributed by atoms with van der Waals surface area (Å²) in [5, 5.41) is 15.2. The van der Waals surface area contributed by atoms with Gasteiger partial charge < -0.3 is 15.0 Å². The van der Waals surface area contributed by atoms with Crippen molar-refractivity contribution in [2.75, 3.05) is 23.3 Å². The van der Waals surface area contributed by atoms with Crippen molar-refractivity contribution in [2.45, 2.75) is 91.5 Å². The number of ether oxygens (including phenoxy) is 1. The predicted octanol–water partition coefficient (Wildman–Crippen LogP) is 7.26. The minimum atomic E-state index is -4.44. The van der Waals surface area contributed by atoms with Crippen molar-refractivity contribution in [3.05, 3.63) is 64.7 Å². The van der Waals surface area contributed by atoms with Gasteiger partial charge in [-0.25, -0.2) is 0 Å². The molecule has 11 heteroatoms. The van der Waals surface area contributed by atoms with Crippen LogP contribution in [0.5, 0.6) is 0 Å². The fourth-order valence-corrected chi connectivity index (χ4v) is 5.27. The number of carbonyl (C=O) groups excluding carboxylic acids is 1. The number of esters is 1. The molecule has 8 nitrogen and oxygen atoms in total. The second-order valence-corrected chi connectivity index (χ2v) is 11.4. The summed E-state index contributed by atoms with van der Waals surface area (Å²) >= 11 is 0. The number of anilines is 2. The molecule has 0 spiro atoms. The molecule has 0 saturated heterocycles. The number of nitrogens with one attached hydrogen (secondary N) is 1. The molecule has 0 amide bonds. The highest BCUT2D eigenvalue weighted by Crippen LogP contribution is 2.36. The first-order valence-electron chi connectivity index (χ1n) is 15.1. The molecule has 2 aromatic carbocycles. The standard InChI is InChI=1S/C32H45F3N6O2/c1-6-7-13-26(20-30(42)43-22-27-14-9-8-10-15-27)16-18-41(17-11-12-25(4)36-31-37-39-40(5)38-31)29-21-28(32(33,34)35)23(2)19-24(29)3/h8-10,14-15,19,21,25-26H,6-7,11-13,16-18,20,22H2,1-5H3,(H,36,38). The SMILES string of the molecule is CCCCC(CCN(CCCC(C)Nc1nnn(C)n1)c1cc(C(F)(F)F)c(C)cc1C)CC(=O)OCc1ccccc1. The largest absolute Gasteiger partial charge is 0.461 e. The summed E-state index contributed by atoms with van der Waals surface area (Å²) < 4.78 is 47.2. The third-order valence-corrected chi connectivity index (χ3v) is 7.61. The smallest absolute Gasteiger partial charge is 0.416 e. The lowest BCUT2D eigenvalue weighted by Crippen LogP contribution is -2.30. The molecular formula is C32H45F3N6O2. The highest BCUT2D eigenvalue weighted by atomic mass is 19.4. The lowest BCUT2D eigenvalue weighted by molar-refractivity contribution is -0.146. The lowest BCUT2D eigenvalue weighted by atomic mass is 9.94. The highest BCUT2D eigenvalue weighted by molar-refractivity contribution is 5.69. The number of nitrogens with zero attached hydrogens (tertiary/aromatic N) is 5. The van der Waals surface area contributed by atoms with Gasteiger partial charge in [-0.3, -0.25) is 4.79 Å². The molecule has 0 aliphatic rings. The number of unbranched alkanes of at least 4 members (excludes halogenated alkanes) is 1. The Balaban J connectivity index is 1.71. The van der Waals surface area contributed by atoms with Gasteiger partial charge >= 0.3 is 12.1 Å². The third-order valence-electron chi connectivity index (χ3n) is 7.61. The zero-order valence-corrected chi connectivity index (χ0v) is 26.0. The summed E-state index contributed by atoms with van der Waals surface area (Å²) in [6.45, 7) is 8.81. The van der Waals surface area contributed by atoms with Crippen molar-refractivity contribution >= 4 is 17.6 Å². The minimum absolute atomic E-state index is 0.0487. The number of aromatic nitrogens is 4. The Kier molecular flexibility index (Phi) is 12.8. The van der Waals surface area contributed by atoms with Crippen molar-refractivity contribution in [1.29, 1.82) is 0 Å². The van der Waals surface area contributed by atoms with E-state index < -0.39 is 11.7 Å². The molecule has 0 radical (unpaired) electrons. The molecule has 236 valence electrons. The Bertz CT molecular complexity index is 1280. The zero-order chi connectivity index (χ0) is 31.4. The van der Waals surface area contributed by atoms with E-state index in [1.54, 1.807) is 13.1 Å². The molecule has 1 aromatic heterocycles. The van der Waals surface area contributed by atoms with E-state index in [9.17, 15) is 18.0 Å². The van der Waals surface area contributed by atoms with Gasteiger partial charge in [0.25, 0.3) is 5.95 Å². The number of rotatable bonds is 17. The van der Waals surface area contributed by atoms with Crippen LogP contribution in [0.1, 0.15) is 81.0 Å². The maximum atomic E-state index is 13.9. The number of aryl methyl sites for hydroxylation is 3. The van der Waals surface area contributed by atoms with Gasteiger partial charge in [0.1, 0.15) is 6.61 Å². The topological polar surface area (TPSA) is 85.2 Å². The second kappa shape index (κ2) is 16.3. The molecule has 3 rings (SSSR count). The van der Waals surface area contributed by atoms with Crippen LogP contribution >= 0.6 is 0 Å². The summed E-state index contributed by atoms with van der Waals surface area (Å²) in [5.41, 5.74) is 1.91. The summed E-state index contributed by atoms with van der Waals surface area (Å²) in [4.78, 5) is 16.2. The molecule has 0 fully saturated rings. The van der Waals surface area contributed by atoms with Crippen LogP contribution in [-0.4, -0.2) is 45.3 Å². The van der Waals surface area contributed by atoms with E-state index in [1.807, 2.05) is 49.1 Å². The fraction of sp³-hybridized carbons (Fsp3) is 0.562. The van der Waals surface area contributed by atoms with E-state index in [0.29, 0.717) is 31.1 Å². The van der Waals surface area contributed by atoms with Crippen LogP contribution in [0.4, 0.5) is 24.8 Å².